The first-order valence-corrected chi connectivity index (χ1v) is 7.78. The van der Waals surface area contributed by atoms with Crippen molar-refractivity contribution < 1.29 is 4.39 Å². The van der Waals surface area contributed by atoms with E-state index in [-0.39, 0.29) is 0 Å². The maximum atomic E-state index is 13.6. The number of nitrogens with one attached hydrogen (secondary N) is 1. The molecular formula is C19H19FN2. The van der Waals surface area contributed by atoms with Gasteiger partial charge in [0.25, 0.3) is 0 Å². The van der Waals surface area contributed by atoms with E-state index in [0.29, 0.717) is 13.0 Å². The highest BCUT2D eigenvalue weighted by Crippen LogP contribution is 2.34. The Kier molecular flexibility index (Phi) is 3.14. The van der Waals surface area contributed by atoms with Crippen LogP contribution in [-0.2, 0) is 0 Å². The minimum Gasteiger partial charge on any atom is -0.368 e. The molecule has 112 valence electrons. The summed E-state index contributed by atoms with van der Waals surface area (Å²) in [6, 6.07) is 16.9. The molecule has 1 unspecified atom stereocenters. The van der Waals surface area contributed by atoms with Crippen LogP contribution in [0.3, 0.4) is 0 Å². The van der Waals surface area contributed by atoms with E-state index in [4.69, 9.17) is 0 Å². The van der Waals surface area contributed by atoms with Gasteiger partial charge in [0.2, 0.25) is 0 Å². The van der Waals surface area contributed by atoms with E-state index in [1.807, 2.05) is 12.1 Å². The van der Waals surface area contributed by atoms with Crippen molar-refractivity contribution in [2.75, 3.05) is 18.0 Å². The second-order valence-electron chi connectivity index (χ2n) is 6.12. The Morgan fingerprint density at radius 1 is 1.14 bits per heavy atom. The molecule has 1 aliphatic heterocycles. The Morgan fingerprint density at radius 2 is 2.00 bits per heavy atom. The zero-order valence-electron chi connectivity index (χ0n) is 12.6. The first-order valence-electron chi connectivity index (χ1n) is 7.78. The zero-order chi connectivity index (χ0) is 15.1. The summed E-state index contributed by atoms with van der Waals surface area (Å²) in [5.41, 5.74) is 5.75. The fraction of sp³-hybridized carbons (Fsp3) is 0.263. The topological polar surface area (TPSA) is 19.0 Å². The van der Waals surface area contributed by atoms with E-state index in [9.17, 15) is 4.39 Å². The van der Waals surface area contributed by atoms with Crippen molar-refractivity contribution in [3.8, 4) is 11.3 Å². The second kappa shape index (κ2) is 5.16. The Labute approximate surface area is 129 Å². The summed E-state index contributed by atoms with van der Waals surface area (Å²) in [6.07, 6.45) is -0.0846. The molecule has 2 nitrogen and oxygen atoms in total. The van der Waals surface area contributed by atoms with Gasteiger partial charge < -0.3 is 9.88 Å². The van der Waals surface area contributed by atoms with Gasteiger partial charge in [0.05, 0.1) is 0 Å². The third-order valence-corrected chi connectivity index (χ3v) is 4.44. The number of alkyl halides is 1. The van der Waals surface area contributed by atoms with Crippen molar-refractivity contribution in [2.24, 2.45) is 0 Å². The third kappa shape index (κ3) is 2.27. The number of para-hydroxylation sites is 1. The van der Waals surface area contributed by atoms with E-state index >= 15 is 0 Å². The molecule has 0 amide bonds. The van der Waals surface area contributed by atoms with Crippen LogP contribution in [0.15, 0.2) is 48.5 Å². The molecule has 3 aromatic rings. The van der Waals surface area contributed by atoms with Crippen molar-refractivity contribution >= 4 is 16.6 Å². The molecular weight excluding hydrogens is 275 g/mol. The van der Waals surface area contributed by atoms with E-state index in [0.717, 1.165) is 29.0 Å². The number of hydrogen-bond acceptors (Lipinski definition) is 1. The molecule has 1 N–H and O–H groups in total. The average Bonchev–Trinajstić information content (AvgIpc) is 3.13. The number of aromatic nitrogens is 1. The third-order valence-electron chi connectivity index (χ3n) is 4.44. The van der Waals surface area contributed by atoms with Crippen LogP contribution in [0.5, 0.6) is 0 Å². The molecule has 2 heterocycles. The molecule has 1 fully saturated rings. The van der Waals surface area contributed by atoms with Gasteiger partial charge in [-0.15, -0.1) is 0 Å². The maximum absolute atomic E-state index is 13.6. The summed E-state index contributed by atoms with van der Waals surface area (Å²) in [5.74, 6) is 0. The molecule has 1 saturated heterocycles. The summed E-state index contributed by atoms with van der Waals surface area (Å²) >= 11 is 0. The minimum atomic E-state index is -0.710. The van der Waals surface area contributed by atoms with E-state index in [2.05, 4.69) is 53.2 Å². The molecule has 22 heavy (non-hydrogen) atoms. The van der Waals surface area contributed by atoms with Crippen LogP contribution in [0.25, 0.3) is 22.2 Å². The standard InChI is InChI=1S/C19H19FN2/c1-13-6-7-14-11-18(21-17(14)10-13)16-4-2-3-5-19(16)22-9-8-15(20)12-22/h2-7,10-11,15,21H,8-9,12H2,1H3. The predicted molar refractivity (Wildman–Crippen MR) is 90.2 cm³/mol. The quantitative estimate of drug-likeness (QED) is 0.726. The molecule has 2 aromatic carbocycles. The normalized spacial score (nSPS) is 18.3. The molecule has 0 bridgehead atoms. The van der Waals surface area contributed by atoms with Gasteiger partial charge in [0.15, 0.2) is 0 Å². The molecule has 1 atom stereocenters. The summed E-state index contributed by atoms with van der Waals surface area (Å²) in [7, 11) is 0. The number of halogens is 1. The van der Waals surface area contributed by atoms with Gasteiger partial charge in [0, 0.05) is 40.9 Å². The predicted octanol–water partition coefficient (Wildman–Crippen LogP) is 4.69. The van der Waals surface area contributed by atoms with Crippen LogP contribution >= 0.6 is 0 Å². The lowest BCUT2D eigenvalue weighted by Crippen LogP contribution is -2.20. The van der Waals surface area contributed by atoms with Crippen LogP contribution in [0.1, 0.15) is 12.0 Å². The molecule has 0 spiro atoms. The summed E-state index contributed by atoms with van der Waals surface area (Å²) in [5, 5.41) is 1.21. The fourth-order valence-electron chi connectivity index (χ4n) is 3.30. The van der Waals surface area contributed by atoms with Crippen molar-refractivity contribution in [2.45, 2.75) is 19.5 Å². The number of aromatic amines is 1. The van der Waals surface area contributed by atoms with Gasteiger partial charge in [-0.25, -0.2) is 4.39 Å². The lowest BCUT2D eigenvalue weighted by Gasteiger charge is -2.20. The summed E-state index contributed by atoms with van der Waals surface area (Å²) in [4.78, 5) is 5.66. The van der Waals surface area contributed by atoms with Gasteiger partial charge >= 0.3 is 0 Å². The number of hydrogen-bond donors (Lipinski definition) is 1. The van der Waals surface area contributed by atoms with Crippen molar-refractivity contribution in [3.63, 3.8) is 0 Å². The lowest BCUT2D eigenvalue weighted by atomic mass is 10.1. The number of benzene rings is 2. The van der Waals surface area contributed by atoms with Crippen molar-refractivity contribution in [1.82, 2.24) is 4.98 Å². The average molecular weight is 294 g/mol. The van der Waals surface area contributed by atoms with Crippen molar-refractivity contribution in [3.05, 3.63) is 54.1 Å². The first-order chi connectivity index (χ1) is 10.7. The molecule has 3 heteroatoms. The SMILES string of the molecule is Cc1ccc2cc(-c3ccccc3N3CCC(F)C3)[nH]c2c1. The van der Waals surface area contributed by atoms with Crippen molar-refractivity contribution in [1.29, 1.82) is 0 Å². The minimum absolute atomic E-state index is 0.496. The molecule has 0 radical (unpaired) electrons. The van der Waals surface area contributed by atoms with Gasteiger partial charge in [-0.3, -0.25) is 0 Å². The monoisotopic (exact) mass is 294 g/mol. The molecule has 0 saturated carbocycles. The summed E-state index contributed by atoms with van der Waals surface area (Å²) in [6.45, 7) is 3.38. The lowest BCUT2D eigenvalue weighted by molar-refractivity contribution is 0.364. The maximum Gasteiger partial charge on any atom is 0.119 e. The number of nitrogens with zero attached hydrogens (tertiary/aromatic N) is 1. The van der Waals surface area contributed by atoms with E-state index in [1.165, 1.54) is 10.9 Å². The Morgan fingerprint density at radius 3 is 2.82 bits per heavy atom. The van der Waals surface area contributed by atoms with Crippen LogP contribution in [0, 0.1) is 6.92 Å². The van der Waals surface area contributed by atoms with Crippen LogP contribution < -0.4 is 4.90 Å². The number of aryl methyl sites for hydroxylation is 1. The second-order valence-corrected chi connectivity index (χ2v) is 6.12. The Bertz CT molecular complexity index is 821. The summed E-state index contributed by atoms with van der Waals surface area (Å²) < 4.78 is 13.6. The molecule has 1 aliphatic rings. The van der Waals surface area contributed by atoms with Crippen LogP contribution in [0.2, 0.25) is 0 Å². The number of H-pyrrole nitrogens is 1. The van der Waals surface area contributed by atoms with Crippen LogP contribution in [0.4, 0.5) is 10.1 Å². The van der Waals surface area contributed by atoms with E-state index < -0.39 is 6.17 Å². The fourth-order valence-corrected chi connectivity index (χ4v) is 3.30. The van der Waals surface area contributed by atoms with Gasteiger partial charge in [0.1, 0.15) is 6.17 Å². The largest absolute Gasteiger partial charge is 0.368 e. The number of anilines is 1. The molecule has 4 rings (SSSR count). The molecule has 1 aromatic heterocycles. The highest BCUT2D eigenvalue weighted by molar-refractivity contribution is 5.89. The van der Waals surface area contributed by atoms with E-state index in [1.54, 1.807) is 0 Å². The number of rotatable bonds is 2. The zero-order valence-corrected chi connectivity index (χ0v) is 12.6. The van der Waals surface area contributed by atoms with Gasteiger partial charge in [-0.05, 0) is 37.1 Å². The highest BCUT2D eigenvalue weighted by atomic mass is 19.1. The molecule has 0 aliphatic carbocycles. The van der Waals surface area contributed by atoms with Crippen LogP contribution in [-0.4, -0.2) is 24.2 Å². The highest BCUT2D eigenvalue weighted by Gasteiger charge is 2.24. The van der Waals surface area contributed by atoms with Gasteiger partial charge in [-0.2, -0.15) is 0 Å². The Balaban J connectivity index is 1.81. The number of fused-ring (bicyclic) bond motifs is 1. The smallest absolute Gasteiger partial charge is 0.119 e. The first kappa shape index (κ1) is 13.4. The van der Waals surface area contributed by atoms with Gasteiger partial charge in [-0.1, -0.05) is 30.3 Å². The Hall–Kier alpha value is -2.29.